The molecule has 0 aromatic heterocycles. The molecular formula is C18H19F2N3O3. The second-order valence-corrected chi connectivity index (χ2v) is 6.36. The molecule has 1 atom stereocenters. The largest absolute Gasteiger partial charge is 0.442 e. The van der Waals surface area contributed by atoms with Gasteiger partial charge in [0.25, 0.3) is 0 Å². The highest BCUT2D eigenvalue weighted by Crippen LogP contribution is 2.32. The van der Waals surface area contributed by atoms with Gasteiger partial charge in [0.05, 0.1) is 24.5 Å². The normalized spacial score (nSPS) is 19.8. The van der Waals surface area contributed by atoms with E-state index in [1.54, 1.807) is 0 Å². The van der Waals surface area contributed by atoms with Gasteiger partial charge in [-0.1, -0.05) is 0 Å². The first-order valence-corrected chi connectivity index (χ1v) is 8.28. The number of ether oxygens (including phenoxy) is 1. The quantitative estimate of drug-likeness (QED) is 0.772. The van der Waals surface area contributed by atoms with E-state index in [2.05, 4.69) is 4.99 Å². The maximum atomic E-state index is 14.6. The summed E-state index contributed by atoms with van der Waals surface area (Å²) in [6, 6.07) is 2.73. The minimum Gasteiger partial charge on any atom is -0.442 e. The fourth-order valence-electron chi connectivity index (χ4n) is 2.82. The molecule has 0 radical (unpaired) electrons. The number of anilines is 2. The van der Waals surface area contributed by atoms with Crippen LogP contribution in [0.2, 0.25) is 0 Å². The van der Waals surface area contributed by atoms with Crippen LogP contribution in [0.15, 0.2) is 29.4 Å². The van der Waals surface area contributed by atoms with Gasteiger partial charge in [-0.2, -0.15) is 0 Å². The van der Waals surface area contributed by atoms with Gasteiger partial charge < -0.3 is 9.64 Å². The second-order valence-electron chi connectivity index (χ2n) is 6.36. The van der Waals surface area contributed by atoms with Gasteiger partial charge in [-0.25, -0.2) is 13.6 Å². The van der Waals surface area contributed by atoms with Gasteiger partial charge in [0, 0.05) is 24.9 Å². The van der Waals surface area contributed by atoms with Crippen LogP contribution in [-0.4, -0.2) is 43.3 Å². The Bertz CT molecular complexity index is 803. The van der Waals surface area contributed by atoms with Crippen molar-refractivity contribution in [2.24, 2.45) is 4.99 Å². The highest BCUT2D eigenvalue weighted by atomic mass is 19.2. The van der Waals surface area contributed by atoms with Gasteiger partial charge in [-0.15, -0.1) is 0 Å². The Morgan fingerprint density at radius 3 is 2.58 bits per heavy atom. The fraction of sp³-hybridized carbons (Fsp3) is 0.389. The van der Waals surface area contributed by atoms with Crippen LogP contribution in [0.4, 0.5) is 25.0 Å². The van der Waals surface area contributed by atoms with Crippen molar-refractivity contribution >= 4 is 29.0 Å². The molecule has 0 aliphatic carbocycles. The van der Waals surface area contributed by atoms with Gasteiger partial charge in [-0.05, 0) is 32.1 Å². The molecule has 8 heteroatoms. The highest BCUT2D eigenvalue weighted by Gasteiger charge is 2.35. The maximum Gasteiger partial charge on any atom is 0.414 e. The first-order valence-electron chi connectivity index (χ1n) is 8.28. The number of amides is 1. The molecule has 1 unspecified atom stereocenters. The zero-order chi connectivity index (χ0) is 18.8. The predicted octanol–water partition coefficient (Wildman–Crippen LogP) is 3.06. The van der Waals surface area contributed by atoms with Gasteiger partial charge in [-0.3, -0.25) is 14.7 Å². The summed E-state index contributed by atoms with van der Waals surface area (Å²) < 4.78 is 34.3. The molecule has 0 bridgehead atoms. The number of carbonyl (C=O) groups is 2. The van der Waals surface area contributed by atoms with Crippen molar-refractivity contribution in [2.45, 2.75) is 26.4 Å². The lowest BCUT2D eigenvalue weighted by atomic mass is 10.1. The molecule has 138 valence electrons. The lowest BCUT2D eigenvalue weighted by Crippen LogP contribution is -2.28. The number of nitrogens with zero attached hydrogens (tertiary/aromatic N) is 3. The Hall–Kier alpha value is -2.77. The van der Waals surface area contributed by atoms with E-state index >= 15 is 0 Å². The van der Waals surface area contributed by atoms with Crippen LogP contribution in [0, 0.1) is 11.6 Å². The number of allylic oxidation sites excluding steroid dienone is 1. The molecule has 1 saturated heterocycles. The van der Waals surface area contributed by atoms with Gasteiger partial charge in [0.1, 0.15) is 6.10 Å². The standard InChI is InChI=1S/C18H19F2N3O3/c1-11(2)21-9-13-10-23(18(25)26-13)15-4-3-14(16(19)17(15)20)22-7-5-12(24)6-8-22/h3-5,7,13H,6,8-10H2,1-2H3. The Morgan fingerprint density at radius 2 is 1.92 bits per heavy atom. The Labute approximate surface area is 149 Å². The molecule has 0 saturated carbocycles. The molecule has 0 spiro atoms. The van der Waals surface area contributed by atoms with E-state index in [0.717, 1.165) is 10.6 Å². The molecule has 3 rings (SSSR count). The van der Waals surface area contributed by atoms with Crippen molar-refractivity contribution in [1.82, 2.24) is 0 Å². The third kappa shape index (κ3) is 3.58. The zero-order valence-corrected chi connectivity index (χ0v) is 14.5. The molecular weight excluding hydrogens is 344 g/mol. The second kappa shape index (κ2) is 7.23. The zero-order valence-electron chi connectivity index (χ0n) is 14.5. The topological polar surface area (TPSA) is 62.2 Å². The summed E-state index contributed by atoms with van der Waals surface area (Å²) in [5, 5.41) is 0. The van der Waals surface area contributed by atoms with E-state index in [1.165, 1.54) is 29.3 Å². The molecule has 1 aromatic rings. The van der Waals surface area contributed by atoms with Crippen LogP contribution >= 0.6 is 0 Å². The van der Waals surface area contributed by atoms with Crippen LogP contribution in [-0.2, 0) is 9.53 Å². The number of cyclic esters (lactones) is 1. The molecule has 26 heavy (non-hydrogen) atoms. The van der Waals surface area contributed by atoms with Gasteiger partial charge >= 0.3 is 6.09 Å². The SMILES string of the molecule is CC(C)=NCC1CN(c2ccc(N3C=CC(=O)CC3)c(F)c2F)C(=O)O1. The number of carbonyl (C=O) groups excluding carboxylic acids is 2. The third-order valence-electron chi connectivity index (χ3n) is 4.17. The van der Waals surface area contributed by atoms with Crippen LogP contribution in [0.1, 0.15) is 20.3 Å². The molecule has 6 nitrogen and oxygen atoms in total. The fourth-order valence-corrected chi connectivity index (χ4v) is 2.82. The first-order chi connectivity index (χ1) is 12.4. The summed E-state index contributed by atoms with van der Waals surface area (Å²) in [6.45, 7) is 4.30. The van der Waals surface area contributed by atoms with Crippen molar-refractivity contribution in [3.05, 3.63) is 36.0 Å². The molecule has 1 fully saturated rings. The lowest BCUT2D eigenvalue weighted by molar-refractivity contribution is -0.114. The summed E-state index contributed by atoms with van der Waals surface area (Å²) in [4.78, 5) is 30.0. The Morgan fingerprint density at radius 1 is 1.23 bits per heavy atom. The van der Waals surface area contributed by atoms with Crippen molar-refractivity contribution < 1.29 is 23.1 Å². The summed E-state index contributed by atoms with van der Waals surface area (Å²) in [5.74, 6) is -2.25. The predicted molar refractivity (Wildman–Crippen MR) is 93.7 cm³/mol. The van der Waals surface area contributed by atoms with Crippen LogP contribution < -0.4 is 9.80 Å². The molecule has 2 aliphatic rings. The van der Waals surface area contributed by atoms with Gasteiger partial charge in [0.2, 0.25) is 0 Å². The number of hydrogen-bond acceptors (Lipinski definition) is 5. The van der Waals surface area contributed by atoms with E-state index in [0.29, 0.717) is 0 Å². The minimum absolute atomic E-state index is 0.0188. The average Bonchev–Trinajstić information content (AvgIpc) is 2.97. The molecule has 2 aliphatic heterocycles. The monoisotopic (exact) mass is 363 g/mol. The maximum absolute atomic E-state index is 14.6. The molecule has 1 amide bonds. The number of ketones is 1. The minimum atomic E-state index is -1.12. The van der Waals surface area contributed by atoms with Crippen LogP contribution in [0.5, 0.6) is 0 Å². The highest BCUT2D eigenvalue weighted by molar-refractivity contribution is 5.92. The summed E-state index contributed by atoms with van der Waals surface area (Å²) in [6.07, 6.45) is 1.75. The number of hydrogen-bond donors (Lipinski definition) is 0. The first kappa shape index (κ1) is 18.0. The number of benzene rings is 1. The van der Waals surface area contributed by atoms with Crippen LogP contribution in [0.3, 0.4) is 0 Å². The summed E-state index contributed by atoms with van der Waals surface area (Å²) in [5.41, 5.74) is 0.687. The van der Waals surface area contributed by atoms with E-state index in [4.69, 9.17) is 4.74 Å². The summed E-state index contributed by atoms with van der Waals surface area (Å²) >= 11 is 0. The number of halogens is 2. The number of rotatable bonds is 4. The molecule has 0 N–H and O–H groups in total. The lowest BCUT2D eigenvalue weighted by Gasteiger charge is -2.24. The Balaban J connectivity index is 1.82. The molecule has 1 aromatic carbocycles. The van der Waals surface area contributed by atoms with Crippen molar-refractivity contribution in [3.8, 4) is 0 Å². The summed E-state index contributed by atoms with van der Waals surface area (Å²) in [7, 11) is 0. The average molecular weight is 363 g/mol. The Kier molecular flexibility index (Phi) is 5.01. The van der Waals surface area contributed by atoms with E-state index in [-0.39, 0.29) is 43.2 Å². The van der Waals surface area contributed by atoms with Gasteiger partial charge in [0.15, 0.2) is 17.4 Å². The third-order valence-corrected chi connectivity index (χ3v) is 4.17. The number of aliphatic imine (C=N–C) groups is 1. The molecule has 2 heterocycles. The smallest absolute Gasteiger partial charge is 0.414 e. The van der Waals surface area contributed by atoms with Crippen molar-refractivity contribution in [2.75, 3.05) is 29.4 Å². The van der Waals surface area contributed by atoms with Crippen LogP contribution in [0.25, 0.3) is 0 Å². The van der Waals surface area contributed by atoms with E-state index in [1.807, 2.05) is 13.8 Å². The van der Waals surface area contributed by atoms with E-state index < -0.39 is 23.8 Å². The van der Waals surface area contributed by atoms with Crippen molar-refractivity contribution in [3.63, 3.8) is 0 Å². The van der Waals surface area contributed by atoms with E-state index in [9.17, 15) is 18.4 Å². The van der Waals surface area contributed by atoms with Crippen molar-refractivity contribution in [1.29, 1.82) is 0 Å².